The van der Waals surface area contributed by atoms with Gasteiger partial charge in [-0.2, -0.15) is 0 Å². The first-order valence-corrected chi connectivity index (χ1v) is 7.69. The van der Waals surface area contributed by atoms with E-state index in [0.29, 0.717) is 0 Å². The smallest absolute Gasteiger partial charge is 0.329 e. The van der Waals surface area contributed by atoms with Crippen molar-refractivity contribution in [2.75, 3.05) is 18.5 Å². The van der Waals surface area contributed by atoms with Gasteiger partial charge in [0.25, 0.3) is 0 Å². The van der Waals surface area contributed by atoms with Gasteiger partial charge in [-0.05, 0) is 24.8 Å². The number of anilines is 1. The number of nitrogens with one attached hydrogen (secondary N) is 1. The van der Waals surface area contributed by atoms with Crippen molar-refractivity contribution in [3.05, 3.63) is 18.0 Å². The summed E-state index contributed by atoms with van der Waals surface area (Å²) in [5, 5.41) is 2.83. The van der Waals surface area contributed by atoms with Crippen molar-refractivity contribution in [1.29, 1.82) is 0 Å². The molecule has 0 aromatic carbocycles. The molecule has 0 aliphatic rings. The summed E-state index contributed by atoms with van der Waals surface area (Å²) in [6, 6.07) is -0.880. The monoisotopic (exact) mass is 323 g/mol. The molecule has 0 saturated heterocycles. The van der Waals surface area contributed by atoms with Crippen LogP contribution in [0.4, 0.5) is 5.95 Å². The van der Waals surface area contributed by atoms with Crippen LogP contribution in [-0.2, 0) is 24.5 Å². The molecule has 1 N–H and O–H groups in total. The predicted molar refractivity (Wildman–Crippen MR) is 86.0 cm³/mol. The van der Waals surface area contributed by atoms with Crippen molar-refractivity contribution >= 4 is 17.9 Å². The van der Waals surface area contributed by atoms with Gasteiger partial charge in [0.05, 0.1) is 19.6 Å². The highest BCUT2D eigenvalue weighted by Gasteiger charge is 2.25. The highest BCUT2D eigenvalue weighted by atomic mass is 16.5. The van der Waals surface area contributed by atoms with Crippen LogP contribution >= 0.6 is 0 Å². The van der Waals surface area contributed by atoms with Crippen LogP contribution in [0, 0.1) is 0 Å². The molecular formula is C16H25N3O4. The number of esters is 2. The van der Waals surface area contributed by atoms with Gasteiger partial charge in [-0.15, -0.1) is 0 Å². The fourth-order valence-corrected chi connectivity index (χ4v) is 1.77. The molecule has 0 fully saturated rings. The van der Waals surface area contributed by atoms with Gasteiger partial charge in [-0.25, -0.2) is 14.8 Å². The summed E-state index contributed by atoms with van der Waals surface area (Å²) in [5.74, 6) is -0.756. The molecule has 128 valence electrons. The lowest BCUT2D eigenvalue weighted by Gasteiger charge is -2.19. The van der Waals surface area contributed by atoms with Gasteiger partial charge in [0.15, 0.2) is 0 Å². The van der Waals surface area contributed by atoms with Crippen LogP contribution in [0.1, 0.15) is 46.6 Å². The second-order valence-corrected chi connectivity index (χ2v) is 6.00. The van der Waals surface area contributed by atoms with Crippen LogP contribution < -0.4 is 5.32 Å². The van der Waals surface area contributed by atoms with E-state index in [4.69, 9.17) is 9.47 Å². The Balaban J connectivity index is 2.83. The summed E-state index contributed by atoms with van der Waals surface area (Å²) < 4.78 is 9.84. The van der Waals surface area contributed by atoms with E-state index < -0.39 is 18.0 Å². The van der Waals surface area contributed by atoms with E-state index in [1.807, 2.05) is 0 Å². The molecule has 0 aliphatic carbocycles. The molecule has 0 amide bonds. The van der Waals surface area contributed by atoms with E-state index in [1.54, 1.807) is 26.2 Å². The zero-order valence-electron chi connectivity index (χ0n) is 14.4. The number of carbonyl (C=O) groups is 2. The van der Waals surface area contributed by atoms with E-state index in [0.717, 1.165) is 5.56 Å². The van der Waals surface area contributed by atoms with Crippen LogP contribution in [0.2, 0.25) is 0 Å². The molecule has 7 heteroatoms. The minimum Gasteiger partial charge on any atom is -0.466 e. The van der Waals surface area contributed by atoms with Crippen molar-refractivity contribution < 1.29 is 19.1 Å². The van der Waals surface area contributed by atoms with E-state index in [-0.39, 0.29) is 31.0 Å². The van der Waals surface area contributed by atoms with Crippen LogP contribution in [0.15, 0.2) is 12.4 Å². The first-order valence-electron chi connectivity index (χ1n) is 7.69. The summed E-state index contributed by atoms with van der Waals surface area (Å²) in [4.78, 5) is 32.0. The summed E-state index contributed by atoms with van der Waals surface area (Å²) in [7, 11) is 0. The first-order chi connectivity index (χ1) is 10.8. The third-order valence-electron chi connectivity index (χ3n) is 3.07. The van der Waals surface area contributed by atoms with Crippen molar-refractivity contribution in [1.82, 2.24) is 9.97 Å². The molecule has 1 heterocycles. The molecule has 0 spiro atoms. The Morgan fingerprint density at radius 2 is 1.70 bits per heavy atom. The highest BCUT2D eigenvalue weighted by Crippen LogP contribution is 2.20. The third kappa shape index (κ3) is 6.22. The Bertz CT molecular complexity index is 523. The number of rotatable bonds is 7. The highest BCUT2D eigenvalue weighted by molar-refractivity contribution is 5.84. The average molecular weight is 323 g/mol. The molecule has 23 heavy (non-hydrogen) atoms. The Hall–Kier alpha value is -2.18. The summed E-state index contributed by atoms with van der Waals surface area (Å²) >= 11 is 0. The number of hydrogen-bond donors (Lipinski definition) is 1. The zero-order valence-corrected chi connectivity index (χ0v) is 14.4. The molecule has 1 atom stereocenters. The lowest BCUT2D eigenvalue weighted by molar-refractivity contribution is -0.150. The third-order valence-corrected chi connectivity index (χ3v) is 3.07. The molecular weight excluding hydrogens is 298 g/mol. The van der Waals surface area contributed by atoms with Crippen LogP contribution in [0.3, 0.4) is 0 Å². The van der Waals surface area contributed by atoms with Gasteiger partial charge in [-0.1, -0.05) is 20.8 Å². The molecule has 7 nitrogen and oxygen atoms in total. The molecule has 1 rings (SSSR count). The van der Waals surface area contributed by atoms with E-state index in [9.17, 15) is 9.59 Å². The molecule has 1 aromatic heterocycles. The molecule has 0 radical (unpaired) electrons. The largest absolute Gasteiger partial charge is 0.466 e. The topological polar surface area (TPSA) is 90.4 Å². The van der Waals surface area contributed by atoms with Crippen LogP contribution in [0.25, 0.3) is 0 Å². The molecule has 1 unspecified atom stereocenters. The zero-order chi connectivity index (χ0) is 17.5. The Labute approximate surface area is 136 Å². The second-order valence-electron chi connectivity index (χ2n) is 6.00. The van der Waals surface area contributed by atoms with Gasteiger partial charge in [0, 0.05) is 12.4 Å². The van der Waals surface area contributed by atoms with Gasteiger partial charge in [0.2, 0.25) is 5.95 Å². The van der Waals surface area contributed by atoms with Crippen molar-refractivity contribution in [3.63, 3.8) is 0 Å². The fourth-order valence-electron chi connectivity index (χ4n) is 1.77. The van der Waals surface area contributed by atoms with Gasteiger partial charge in [-0.3, -0.25) is 4.79 Å². The lowest BCUT2D eigenvalue weighted by Crippen LogP contribution is -2.35. The molecule has 0 aliphatic heterocycles. The van der Waals surface area contributed by atoms with E-state index in [1.165, 1.54) is 0 Å². The summed E-state index contributed by atoms with van der Waals surface area (Å²) in [5.41, 5.74) is 0.908. The average Bonchev–Trinajstić information content (AvgIpc) is 2.46. The van der Waals surface area contributed by atoms with Crippen LogP contribution in [-0.4, -0.2) is 41.2 Å². The summed E-state index contributed by atoms with van der Waals surface area (Å²) in [6.45, 7) is 10.1. The fraction of sp³-hybridized carbons (Fsp3) is 0.625. The second kappa shape index (κ2) is 8.45. The normalized spacial score (nSPS) is 12.4. The predicted octanol–water partition coefficient (Wildman–Crippen LogP) is 2.07. The van der Waals surface area contributed by atoms with Crippen molar-refractivity contribution in [2.45, 2.75) is 52.5 Å². The molecule has 1 aromatic rings. The van der Waals surface area contributed by atoms with E-state index in [2.05, 4.69) is 36.1 Å². The maximum absolute atomic E-state index is 12.0. The lowest BCUT2D eigenvalue weighted by atomic mass is 9.89. The standard InChI is InChI=1S/C16H25N3O4/c1-6-22-13(20)8-12(14(21)23-7-2)19-15-17-9-11(10-18-15)16(3,4)5/h9-10,12H,6-8H2,1-5H3,(H,17,18,19). The van der Waals surface area contributed by atoms with Gasteiger partial charge in [0.1, 0.15) is 6.04 Å². The minimum atomic E-state index is -0.880. The molecule has 0 saturated carbocycles. The van der Waals surface area contributed by atoms with Gasteiger partial charge >= 0.3 is 11.9 Å². The Morgan fingerprint density at radius 1 is 1.13 bits per heavy atom. The Kier molecular flexibility index (Phi) is 6.93. The minimum absolute atomic E-state index is 0.0655. The molecule has 0 bridgehead atoms. The first kappa shape index (κ1) is 18.9. The number of ether oxygens (including phenoxy) is 2. The van der Waals surface area contributed by atoms with Crippen molar-refractivity contribution in [3.8, 4) is 0 Å². The summed E-state index contributed by atoms with van der Waals surface area (Å²) in [6.07, 6.45) is 3.25. The SMILES string of the molecule is CCOC(=O)CC(Nc1ncc(C(C)(C)C)cn1)C(=O)OCC. The van der Waals surface area contributed by atoms with Crippen LogP contribution in [0.5, 0.6) is 0 Å². The maximum atomic E-state index is 12.0. The maximum Gasteiger partial charge on any atom is 0.329 e. The number of carbonyl (C=O) groups excluding carboxylic acids is 2. The number of nitrogens with zero attached hydrogens (tertiary/aromatic N) is 2. The number of hydrogen-bond acceptors (Lipinski definition) is 7. The number of aromatic nitrogens is 2. The van der Waals surface area contributed by atoms with E-state index >= 15 is 0 Å². The van der Waals surface area contributed by atoms with Gasteiger partial charge < -0.3 is 14.8 Å². The Morgan fingerprint density at radius 3 is 2.17 bits per heavy atom. The van der Waals surface area contributed by atoms with Crippen molar-refractivity contribution in [2.24, 2.45) is 0 Å². The quantitative estimate of drug-likeness (QED) is 0.768.